The summed E-state index contributed by atoms with van der Waals surface area (Å²) in [5.41, 5.74) is 2.64. The molecule has 0 N–H and O–H groups in total. The molecular weight excluding hydrogens is 259 g/mol. The lowest BCUT2D eigenvalue weighted by Gasteiger charge is -2.59. The van der Waals surface area contributed by atoms with Crippen LogP contribution >= 0.6 is 0 Å². The molecule has 0 radical (unpaired) electrons. The van der Waals surface area contributed by atoms with Gasteiger partial charge in [0.05, 0.1) is 6.33 Å². The van der Waals surface area contributed by atoms with Crippen LogP contribution in [0.25, 0.3) is 0 Å². The fraction of sp³-hybridized carbons (Fsp3) is 0.800. The Labute approximate surface area is 129 Å². The van der Waals surface area contributed by atoms with Crippen LogP contribution in [-0.2, 0) is 0 Å². The first-order chi connectivity index (χ1) is 9.81. The van der Waals surface area contributed by atoms with Crippen LogP contribution in [0.4, 0.5) is 4.39 Å². The molecule has 0 aromatic rings. The molecule has 3 rings (SSSR count). The molecule has 0 bridgehead atoms. The maximum Gasteiger partial charge on any atom is 0.0832 e. The van der Waals surface area contributed by atoms with E-state index < -0.39 is 0 Å². The maximum atomic E-state index is 12.7. The molecular formula is C20H31F. The maximum absolute atomic E-state index is 12.7. The van der Waals surface area contributed by atoms with Gasteiger partial charge < -0.3 is 0 Å². The van der Waals surface area contributed by atoms with E-state index in [1.165, 1.54) is 32.1 Å². The van der Waals surface area contributed by atoms with Gasteiger partial charge in [0.25, 0.3) is 0 Å². The van der Waals surface area contributed by atoms with E-state index in [1.807, 2.05) is 0 Å². The summed E-state index contributed by atoms with van der Waals surface area (Å²) in [6.45, 7) is 9.74. The van der Waals surface area contributed by atoms with E-state index in [2.05, 4.69) is 33.8 Å². The summed E-state index contributed by atoms with van der Waals surface area (Å²) in [5, 5.41) is 0. The minimum Gasteiger partial charge on any atom is -0.216 e. The minimum absolute atomic E-state index is 0.0461. The lowest BCUT2D eigenvalue weighted by molar-refractivity contribution is -0.0489. The summed E-state index contributed by atoms with van der Waals surface area (Å²) < 4.78 is 12.7. The molecule has 2 saturated carbocycles. The summed E-state index contributed by atoms with van der Waals surface area (Å²) in [6.07, 6.45) is 13.9. The second kappa shape index (κ2) is 4.96. The van der Waals surface area contributed by atoms with Gasteiger partial charge in [-0.3, -0.25) is 0 Å². The van der Waals surface area contributed by atoms with Crippen molar-refractivity contribution in [2.75, 3.05) is 0 Å². The van der Waals surface area contributed by atoms with Gasteiger partial charge in [-0.05, 0) is 72.7 Å². The Hall–Kier alpha value is -0.590. The third-order valence-electron chi connectivity index (χ3n) is 7.21. The summed E-state index contributed by atoms with van der Waals surface area (Å²) in [5.74, 6) is 1.57. The van der Waals surface area contributed by atoms with Crippen molar-refractivity contribution in [3.8, 4) is 0 Å². The van der Waals surface area contributed by atoms with Crippen LogP contribution in [0.2, 0.25) is 0 Å². The molecule has 0 aromatic heterocycles. The third kappa shape index (κ3) is 2.41. The van der Waals surface area contributed by atoms with E-state index in [0.717, 1.165) is 31.0 Å². The van der Waals surface area contributed by atoms with Crippen LogP contribution in [0, 0.1) is 28.1 Å². The van der Waals surface area contributed by atoms with E-state index >= 15 is 0 Å². The minimum atomic E-state index is 0.0461. The molecule has 0 heterocycles. The first-order valence-corrected chi connectivity index (χ1v) is 8.78. The highest BCUT2D eigenvalue weighted by molar-refractivity contribution is 5.25. The van der Waals surface area contributed by atoms with Crippen molar-refractivity contribution in [3.63, 3.8) is 0 Å². The normalized spacial score (nSPS) is 45.9. The predicted molar refractivity (Wildman–Crippen MR) is 87.6 cm³/mol. The molecule has 118 valence electrons. The fourth-order valence-corrected chi connectivity index (χ4v) is 6.04. The van der Waals surface area contributed by atoms with Crippen LogP contribution in [0.15, 0.2) is 24.1 Å². The van der Waals surface area contributed by atoms with Gasteiger partial charge in [0.15, 0.2) is 0 Å². The molecule has 2 fully saturated rings. The molecule has 0 saturated heterocycles. The van der Waals surface area contributed by atoms with E-state index in [9.17, 15) is 4.39 Å². The largest absolute Gasteiger partial charge is 0.216 e. The van der Waals surface area contributed by atoms with Crippen LogP contribution in [0.3, 0.4) is 0 Å². The Morgan fingerprint density at radius 1 is 1.14 bits per heavy atom. The quantitative estimate of drug-likeness (QED) is 0.487. The lowest BCUT2D eigenvalue weighted by atomic mass is 9.46. The second-order valence-corrected chi connectivity index (χ2v) is 9.13. The first-order valence-electron chi connectivity index (χ1n) is 8.78. The smallest absolute Gasteiger partial charge is 0.0832 e. The standard InChI is InChI=1S/C20H31F/c1-18(2)9-5-10-20(4)16-8-11-19(3,12-13-21)14-15(16)6-7-17(18)20/h6,12-13,16-17H,5,7-11,14H2,1-4H3/b13-12-/t16-,17-,19+,20+/m0/s1. The van der Waals surface area contributed by atoms with E-state index in [0.29, 0.717) is 10.8 Å². The van der Waals surface area contributed by atoms with Crippen molar-refractivity contribution >= 4 is 0 Å². The Bertz CT molecular complexity index is 472. The lowest BCUT2D eigenvalue weighted by Crippen LogP contribution is -2.50. The molecule has 3 aliphatic carbocycles. The third-order valence-corrected chi connectivity index (χ3v) is 7.21. The number of hydrogen-bond acceptors (Lipinski definition) is 0. The first kappa shape index (κ1) is 15.3. The van der Waals surface area contributed by atoms with Crippen molar-refractivity contribution in [1.82, 2.24) is 0 Å². The number of rotatable bonds is 1. The van der Waals surface area contributed by atoms with Crippen molar-refractivity contribution in [3.05, 3.63) is 24.1 Å². The van der Waals surface area contributed by atoms with Crippen LogP contribution in [0.1, 0.15) is 72.6 Å². The summed E-state index contributed by atoms with van der Waals surface area (Å²) in [6, 6.07) is 0. The van der Waals surface area contributed by atoms with Gasteiger partial charge in [0, 0.05) is 0 Å². The highest BCUT2D eigenvalue weighted by Gasteiger charge is 2.53. The van der Waals surface area contributed by atoms with Gasteiger partial charge in [-0.15, -0.1) is 0 Å². The highest BCUT2D eigenvalue weighted by atomic mass is 19.1. The van der Waals surface area contributed by atoms with Crippen LogP contribution < -0.4 is 0 Å². The molecule has 0 aromatic carbocycles. The molecule has 0 amide bonds. The summed E-state index contributed by atoms with van der Waals surface area (Å²) in [7, 11) is 0. The average molecular weight is 290 g/mol. The van der Waals surface area contributed by atoms with Crippen molar-refractivity contribution < 1.29 is 4.39 Å². The SMILES string of the molecule is CC1(C)CCC[C@]2(C)[C@H]3CC[C@](C)(/C=C\F)CC3=CC[C@@H]12. The zero-order valence-electron chi connectivity index (χ0n) is 14.2. The molecule has 1 heteroatoms. The van der Waals surface area contributed by atoms with Crippen molar-refractivity contribution in [1.29, 1.82) is 0 Å². The molecule has 0 spiro atoms. The van der Waals surface area contributed by atoms with E-state index in [4.69, 9.17) is 0 Å². The monoisotopic (exact) mass is 290 g/mol. The molecule has 3 aliphatic rings. The van der Waals surface area contributed by atoms with Crippen LogP contribution in [0.5, 0.6) is 0 Å². The number of halogens is 1. The molecule has 21 heavy (non-hydrogen) atoms. The molecule has 4 atom stereocenters. The Morgan fingerprint density at radius 2 is 1.90 bits per heavy atom. The summed E-state index contributed by atoms with van der Waals surface area (Å²) >= 11 is 0. The van der Waals surface area contributed by atoms with Gasteiger partial charge in [0.2, 0.25) is 0 Å². The van der Waals surface area contributed by atoms with Gasteiger partial charge in [-0.1, -0.05) is 45.8 Å². The van der Waals surface area contributed by atoms with E-state index in [1.54, 1.807) is 11.6 Å². The average Bonchev–Trinajstić information content (AvgIpc) is 2.37. The Kier molecular flexibility index (Phi) is 3.62. The Balaban J connectivity index is 1.91. The number of fused-ring (bicyclic) bond motifs is 3. The predicted octanol–water partition coefficient (Wildman–Crippen LogP) is 6.44. The van der Waals surface area contributed by atoms with Gasteiger partial charge >= 0.3 is 0 Å². The topological polar surface area (TPSA) is 0 Å². The zero-order chi connectivity index (χ0) is 15.3. The Morgan fingerprint density at radius 3 is 2.62 bits per heavy atom. The molecule has 0 aliphatic heterocycles. The van der Waals surface area contributed by atoms with Crippen molar-refractivity contribution in [2.24, 2.45) is 28.1 Å². The zero-order valence-corrected chi connectivity index (χ0v) is 14.2. The molecule has 0 nitrogen and oxygen atoms in total. The van der Waals surface area contributed by atoms with E-state index in [-0.39, 0.29) is 5.41 Å². The second-order valence-electron chi connectivity index (χ2n) is 9.13. The summed E-state index contributed by atoms with van der Waals surface area (Å²) in [4.78, 5) is 0. The number of allylic oxidation sites excluding steroid dienone is 3. The van der Waals surface area contributed by atoms with Gasteiger partial charge in [-0.25, -0.2) is 4.39 Å². The molecule has 0 unspecified atom stereocenters. The van der Waals surface area contributed by atoms with Gasteiger partial charge in [0.1, 0.15) is 0 Å². The van der Waals surface area contributed by atoms with Gasteiger partial charge in [-0.2, -0.15) is 0 Å². The van der Waals surface area contributed by atoms with Crippen molar-refractivity contribution in [2.45, 2.75) is 72.6 Å². The highest BCUT2D eigenvalue weighted by Crippen LogP contribution is 2.63. The fourth-order valence-electron chi connectivity index (χ4n) is 6.04. The number of hydrogen-bond donors (Lipinski definition) is 0. The van der Waals surface area contributed by atoms with Crippen LogP contribution in [-0.4, -0.2) is 0 Å².